The number of hydrogen-bond donors (Lipinski definition) is 2. The standard InChI is InChI=1S/C13H18N2O2/c1-10-7-14-8-12(10)15-13(16)17-9-11-5-3-2-4-6-11/h2-6,10,12,14H,7-9H2,1H3,(H,15,16)/t10-,12-/m1/s1. The van der Waals surface area contributed by atoms with Gasteiger partial charge < -0.3 is 15.4 Å². The van der Waals surface area contributed by atoms with Crippen LogP contribution in [-0.2, 0) is 11.3 Å². The number of carbonyl (C=O) groups is 1. The Morgan fingerprint density at radius 2 is 2.18 bits per heavy atom. The summed E-state index contributed by atoms with van der Waals surface area (Å²) in [5.41, 5.74) is 1.00. The monoisotopic (exact) mass is 234 g/mol. The van der Waals surface area contributed by atoms with Crippen LogP contribution >= 0.6 is 0 Å². The minimum atomic E-state index is -0.339. The first-order chi connectivity index (χ1) is 8.25. The summed E-state index contributed by atoms with van der Waals surface area (Å²) in [6.07, 6.45) is -0.339. The lowest BCUT2D eigenvalue weighted by Crippen LogP contribution is -2.39. The van der Waals surface area contributed by atoms with E-state index in [0.29, 0.717) is 12.5 Å². The lowest BCUT2D eigenvalue weighted by atomic mass is 10.1. The second kappa shape index (κ2) is 5.68. The maximum absolute atomic E-state index is 11.6. The van der Waals surface area contributed by atoms with Crippen molar-refractivity contribution in [3.8, 4) is 0 Å². The molecule has 2 atom stereocenters. The van der Waals surface area contributed by atoms with Gasteiger partial charge in [-0.05, 0) is 18.0 Å². The molecule has 1 heterocycles. The van der Waals surface area contributed by atoms with Gasteiger partial charge in [0.2, 0.25) is 0 Å². The SMILES string of the molecule is C[C@@H]1CNC[C@H]1NC(=O)OCc1ccccc1. The van der Waals surface area contributed by atoms with Gasteiger partial charge in [-0.25, -0.2) is 4.79 Å². The lowest BCUT2D eigenvalue weighted by Gasteiger charge is -2.16. The van der Waals surface area contributed by atoms with Gasteiger partial charge >= 0.3 is 6.09 Å². The molecule has 1 aromatic carbocycles. The van der Waals surface area contributed by atoms with Crippen molar-refractivity contribution in [2.75, 3.05) is 13.1 Å². The fourth-order valence-corrected chi connectivity index (χ4v) is 1.92. The van der Waals surface area contributed by atoms with Crippen molar-refractivity contribution in [3.05, 3.63) is 35.9 Å². The van der Waals surface area contributed by atoms with Crippen LogP contribution in [0.1, 0.15) is 12.5 Å². The molecule has 4 heteroatoms. The van der Waals surface area contributed by atoms with Gasteiger partial charge in [-0.3, -0.25) is 0 Å². The fourth-order valence-electron chi connectivity index (χ4n) is 1.92. The van der Waals surface area contributed by atoms with Crippen LogP contribution in [0, 0.1) is 5.92 Å². The molecule has 1 aromatic rings. The molecular formula is C13H18N2O2. The van der Waals surface area contributed by atoms with E-state index >= 15 is 0 Å². The number of hydrogen-bond acceptors (Lipinski definition) is 3. The van der Waals surface area contributed by atoms with Crippen molar-refractivity contribution in [2.24, 2.45) is 5.92 Å². The van der Waals surface area contributed by atoms with Crippen LogP contribution in [0.25, 0.3) is 0 Å². The Morgan fingerprint density at radius 3 is 2.82 bits per heavy atom. The predicted octanol–water partition coefficient (Wildman–Crippen LogP) is 1.52. The highest BCUT2D eigenvalue weighted by molar-refractivity contribution is 5.67. The molecule has 0 spiro atoms. The average molecular weight is 234 g/mol. The maximum atomic E-state index is 11.6. The molecule has 0 aliphatic carbocycles. The highest BCUT2D eigenvalue weighted by Crippen LogP contribution is 2.08. The third kappa shape index (κ3) is 3.46. The first kappa shape index (κ1) is 11.9. The van der Waals surface area contributed by atoms with Crippen molar-refractivity contribution in [2.45, 2.75) is 19.6 Å². The first-order valence-electron chi connectivity index (χ1n) is 5.93. The fraction of sp³-hybridized carbons (Fsp3) is 0.462. The zero-order valence-corrected chi connectivity index (χ0v) is 9.98. The van der Waals surface area contributed by atoms with Crippen LogP contribution < -0.4 is 10.6 Å². The summed E-state index contributed by atoms with van der Waals surface area (Å²) >= 11 is 0. The summed E-state index contributed by atoms with van der Waals surface area (Å²) in [4.78, 5) is 11.6. The highest BCUT2D eigenvalue weighted by atomic mass is 16.5. The van der Waals surface area contributed by atoms with E-state index in [1.807, 2.05) is 30.3 Å². The topological polar surface area (TPSA) is 50.4 Å². The zero-order valence-electron chi connectivity index (χ0n) is 9.98. The molecule has 0 radical (unpaired) electrons. The van der Waals surface area contributed by atoms with Crippen molar-refractivity contribution < 1.29 is 9.53 Å². The van der Waals surface area contributed by atoms with Gasteiger partial charge in [0.05, 0.1) is 0 Å². The van der Waals surface area contributed by atoms with Crippen LogP contribution in [0.2, 0.25) is 0 Å². The molecule has 1 saturated heterocycles. The summed E-state index contributed by atoms with van der Waals surface area (Å²) in [7, 11) is 0. The van der Waals surface area contributed by atoms with E-state index < -0.39 is 0 Å². The van der Waals surface area contributed by atoms with Crippen molar-refractivity contribution >= 4 is 6.09 Å². The molecule has 0 unspecified atom stereocenters. The van der Waals surface area contributed by atoms with Crippen LogP contribution in [0.15, 0.2) is 30.3 Å². The highest BCUT2D eigenvalue weighted by Gasteiger charge is 2.24. The Hall–Kier alpha value is -1.55. The molecule has 0 aromatic heterocycles. The number of alkyl carbamates (subject to hydrolysis) is 1. The Bertz CT molecular complexity index is 367. The summed E-state index contributed by atoms with van der Waals surface area (Å²) in [5.74, 6) is 0.458. The minimum Gasteiger partial charge on any atom is -0.445 e. The van der Waals surface area contributed by atoms with Crippen molar-refractivity contribution in [1.82, 2.24) is 10.6 Å². The average Bonchev–Trinajstić information content (AvgIpc) is 2.74. The normalized spacial score (nSPS) is 23.4. The Morgan fingerprint density at radius 1 is 1.41 bits per heavy atom. The van der Waals surface area contributed by atoms with E-state index in [-0.39, 0.29) is 12.1 Å². The molecule has 4 nitrogen and oxygen atoms in total. The molecule has 92 valence electrons. The van der Waals surface area contributed by atoms with Gasteiger partial charge in [0.25, 0.3) is 0 Å². The van der Waals surface area contributed by atoms with Crippen LogP contribution in [-0.4, -0.2) is 25.2 Å². The number of benzene rings is 1. The summed E-state index contributed by atoms with van der Waals surface area (Å²) in [6, 6.07) is 9.85. The van der Waals surface area contributed by atoms with Crippen LogP contribution in [0.3, 0.4) is 0 Å². The molecule has 17 heavy (non-hydrogen) atoms. The van der Waals surface area contributed by atoms with E-state index in [9.17, 15) is 4.79 Å². The molecular weight excluding hydrogens is 216 g/mol. The second-order valence-electron chi connectivity index (χ2n) is 4.45. The predicted molar refractivity (Wildman–Crippen MR) is 65.6 cm³/mol. The van der Waals surface area contributed by atoms with Crippen molar-refractivity contribution in [3.63, 3.8) is 0 Å². The van der Waals surface area contributed by atoms with Gasteiger partial charge in [-0.15, -0.1) is 0 Å². The molecule has 2 rings (SSSR count). The van der Waals surface area contributed by atoms with E-state index in [1.54, 1.807) is 0 Å². The number of carbonyl (C=O) groups excluding carboxylic acids is 1. The summed E-state index contributed by atoms with van der Waals surface area (Å²) < 4.78 is 5.16. The van der Waals surface area contributed by atoms with Crippen LogP contribution in [0.5, 0.6) is 0 Å². The molecule has 2 N–H and O–H groups in total. The number of nitrogens with one attached hydrogen (secondary N) is 2. The van der Waals surface area contributed by atoms with Crippen molar-refractivity contribution in [1.29, 1.82) is 0 Å². The first-order valence-corrected chi connectivity index (χ1v) is 5.93. The quantitative estimate of drug-likeness (QED) is 0.833. The number of ether oxygens (including phenoxy) is 1. The summed E-state index contributed by atoms with van der Waals surface area (Å²) in [6.45, 7) is 4.20. The molecule has 1 aliphatic heterocycles. The van der Waals surface area contributed by atoms with E-state index in [0.717, 1.165) is 18.7 Å². The molecule has 0 saturated carbocycles. The number of amides is 1. The zero-order chi connectivity index (χ0) is 12.1. The maximum Gasteiger partial charge on any atom is 0.407 e. The Labute approximate surface area is 101 Å². The van der Waals surface area contributed by atoms with Crippen LogP contribution in [0.4, 0.5) is 4.79 Å². The van der Waals surface area contributed by atoms with E-state index in [4.69, 9.17) is 4.74 Å². The second-order valence-corrected chi connectivity index (χ2v) is 4.45. The Kier molecular flexibility index (Phi) is 3.98. The number of rotatable bonds is 3. The van der Waals surface area contributed by atoms with E-state index in [2.05, 4.69) is 17.6 Å². The van der Waals surface area contributed by atoms with Gasteiger partial charge in [-0.1, -0.05) is 37.3 Å². The largest absolute Gasteiger partial charge is 0.445 e. The Balaban J connectivity index is 1.74. The lowest BCUT2D eigenvalue weighted by molar-refractivity contribution is 0.134. The van der Waals surface area contributed by atoms with Gasteiger partial charge in [-0.2, -0.15) is 0 Å². The molecule has 1 aliphatic rings. The minimum absolute atomic E-state index is 0.179. The van der Waals surface area contributed by atoms with Gasteiger partial charge in [0.15, 0.2) is 0 Å². The summed E-state index contributed by atoms with van der Waals surface area (Å²) in [5, 5.41) is 6.11. The van der Waals surface area contributed by atoms with E-state index in [1.165, 1.54) is 0 Å². The molecule has 0 bridgehead atoms. The van der Waals surface area contributed by atoms with Gasteiger partial charge in [0.1, 0.15) is 6.61 Å². The third-order valence-electron chi connectivity index (χ3n) is 3.03. The third-order valence-corrected chi connectivity index (χ3v) is 3.03. The van der Waals surface area contributed by atoms with Gasteiger partial charge in [0, 0.05) is 12.6 Å². The smallest absolute Gasteiger partial charge is 0.407 e. The molecule has 1 fully saturated rings. The molecule has 1 amide bonds.